The van der Waals surface area contributed by atoms with Crippen LogP contribution in [0.4, 0.5) is 0 Å². The number of benzene rings is 1. The molecule has 16 heavy (non-hydrogen) atoms. The van der Waals surface area contributed by atoms with Crippen molar-refractivity contribution in [3.05, 3.63) is 34.7 Å². The summed E-state index contributed by atoms with van der Waals surface area (Å²) in [6, 6.07) is 6.14. The summed E-state index contributed by atoms with van der Waals surface area (Å²) in [7, 11) is 0. The van der Waals surface area contributed by atoms with Crippen LogP contribution in [0.3, 0.4) is 0 Å². The van der Waals surface area contributed by atoms with Gasteiger partial charge in [-0.1, -0.05) is 12.1 Å². The lowest BCUT2D eigenvalue weighted by Crippen LogP contribution is -2.28. The van der Waals surface area contributed by atoms with Crippen molar-refractivity contribution >= 4 is 27.4 Å². The molecule has 0 aliphatic rings. The number of carboxylic acid groups (broad SMARTS) is 1. The van der Waals surface area contributed by atoms with Gasteiger partial charge in [0.2, 0.25) is 0 Å². The number of carboxylic acids is 1. The predicted molar refractivity (Wildman–Crippen MR) is 67.2 cm³/mol. The zero-order valence-electron chi connectivity index (χ0n) is 9.57. The summed E-state index contributed by atoms with van der Waals surface area (Å²) in [5.41, 5.74) is 1.28. The van der Waals surface area contributed by atoms with Crippen LogP contribution in [-0.4, -0.2) is 11.1 Å². The Labute approximate surface area is 98.5 Å². The van der Waals surface area contributed by atoms with Gasteiger partial charge in [0.25, 0.3) is 0 Å². The summed E-state index contributed by atoms with van der Waals surface area (Å²) in [5, 5.41) is 12.2. The molecule has 1 aromatic heterocycles. The molecule has 2 aromatic rings. The summed E-state index contributed by atoms with van der Waals surface area (Å²) in [4.78, 5) is 11.2. The highest BCUT2D eigenvalue weighted by Crippen LogP contribution is 2.35. The second kappa shape index (κ2) is 3.59. The van der Waals surface area contributed by atoms with Crippen LogP contribution >= 0.6 is 11.3 Å². The maximum Gasteiger partial charge on any atom is 0.313 e. The number of thiophene rings is 1. The van der Waals surface area contributed by atoms with Gasteiger partial charge in [0.1, 0.15) is 0 Å². The molecule has 0 saturated heterocycles. The average molecular weight is 234 g/mol. The third-order valence-electron chi connectivity index (χ3n) is 2.94. The van der Waals surface area contributed by atoms with Crippen LogP contribution in [0.5, 0.6) is 0 Å². The lowest BCUT2D eigenvalue weighted by molar-refractivity contribution is -0.142. The molecule has 0 unspecified atom stereocenters. The van der Waals surface area contributed by atoms with E-state index in [-0.39, 0.29) is 0 Å². The van der Waals surface area contributed by atoms with E-state index in [2.05, 4.69) is 6.07 Å². The van der Waals surface area contributed by atoms with Gasteiger partial charge in [-0.3, -0.25) is 4.79 Å². The lowest BCUT2D eigenvalue weighted by atomic mass is 9.84. The molecule has 0 spiro atoms. The first-order valence-electron chi connectivity index (χ1n) is 5.14. The first-order chi connectivity index (χ1) is 7.43. The Morgan fingerprint density at radius 1 is 1.38 bits per heavy atom. The summed E-state index contributed by atoms with van der Waals surface area (Å²) in [6.45, 7) is 5.54. The van der Waals surface area contributed by atoms with Crippen molar-refractivity contribution in [2.75, 3.05) is 0 Å². The first kappa shape index (κ1) is 11.1. The smallest absolute Gasteiger partial charge is 0.313 e. The quantitative estimate of drug-likeness (QED) is 0.862. The van der Waals surface area contributed by atoms with Crippen LogP contribution in [-0.2, 0) is 10.2 Å². The first-order valence-corrected chi connectivity index (χ1v) is 6.02. The zero-order chi connectivity index (χ0) is 11.9. The van der Waals surface area contributed by atoms with Gasteiger partial charge in [-0.2, -0.15) is 0 Å². The van der Waals surface area contributed by atoms with Crippen LogP contribution in [0.2, 0.25) is 0 Å². The molecule has 0 fully saturated rings. The van der Waals surface area contributed by atoms with Crippen molar-refractivity contribution in [3.63, 3.8) is 0 Å². The highest BCUT2D eigenvalue weighted by Gasteiger charge is 2.31. The fraction of sp³-hybridized carbons (Fsp3) is 0.308. The Balaban J connectivity index is 2.67. The minimum absolute atomic E-state index is 0.784. The Morgan fingerprint density at radius 2 is 2.06 bits per heavy atom. The minimum Gasteiger partial charge on any atom is -0.481 e. The van der Waals surface area contributed by atoms with Crippen molar-refractivity contribution in [1.82, 2.24) is 0 Å². The summed E-state index contributed by atoms with van der Waals surface area (Å²) in [6.07, 6.45) is 0. The maximum atomic E-state index is 11.2. The second-order valence-corrected chi connectivity index (χ2v) is 5.49. The van der Waals surface area contributed by atoms with Crippen molar-refractivity contribution in [2.45, 2.75) is 26.2 Å². The van der Waals surface area contributed by atoms with E-state index in [1.54, 1.807) is 25.2 Å². The summed E-state index contributed by atoms with van der Waals surface area (Å²) < 4.78 is 1.16. The molecular formula is C13H14O2S. The highest BCUT2D eigenvalue weighted by molar-refractivity contribution is 7.17. The molecule has 0 aliphatic carbocycles. The third kappa shape index (κ3) is 1.61. The van der Waals surface area contributed by atoms with Gasteiger partial charge in [0.05, 0.1) is 5.41 Å². The molecule has 3 heteroatoms. The SMILES string of the molecule is Cc1ccc2c(C(C)(C)C(=O)O)csc2c1. The minimum atomic E-state index is -0.826. The Kier molecular flexibility index (Phi) is 2.50. The van der Waals surface area contributed by atoms with E-state index in [0.29, 0.717) is 0 Å². The Bertz CT molecular complexity index is 552. The van der Waals surface area contributed by atoms with Crippen molar-refractivity contribution in [1.29, 1.82) is 0 Å². The normalized spacial score (nSPS) is 11.9. The van der Waals surface area contributed by atoms with Crippen LogP contribution < -0.4 is 0 Å². The molecular weight excluding hydrogens is 220 g/mol. The molecule has 1 heterocycles. The van der Waals surface area contributed by atoms with E-state index in [4.69, 9.17) is 0 Å². The van der Waals surface area contributed by atoms with E-state index in [9.17, 15) is 9.90 Å². The fourth-order valence-electron chi connectivity index (χ4n) is 1.73. The van der Waals surface area contributed by atoms with Crippen molar-refractivity contribution in [2.24, 2.45) is 0 Å². The van der Waals surface area contributed by atoms with Crippen LogP contribution in [0.15, 0.2) is 23.6 Å². The highest BCUT2D eigenvalue weighted by atomic mass is 32.1. The molecule has 0 radical (unpaired) electrons. The molecule has 0 bridgehead atoms. The maximum absolute atomic E-state index is 11.2. The van der Waals surface area contributed by atoms with E-state index in [0.717, 1.165) is 15.6 Å². The number of hydrogen-bond acceptors (Lipinski definition) is 2. The van der Waals surface area contributed by atoms with E-state index < -0.39 is 11.4 Å². The number of aryl methyl sites for hydroxylation is 1. The standard InChI is InChI=1S/C13H14O2S/c1-8-4-5-9-10(7-16-11(9)6-8)13(2,3)12(14)15/h4-7H,1-3H3,(H,14,15). The van der Waals surface area contributed by atoms with Gasteiger partial charge in [-0.05, 0) is 48.7 Å². The number of carbonyl (C=O) groups is 1. The van der Waals surface area contributed by atoms with Crippen LogP contribution in [0, 0.1) is 6.92 Å². The molecule has 84 valence electrons. The Hall–Kier alpha value is -1.35. The molecule has 0 saturated carbocycles. The molecule has 0 atom stereocenters. The summed E-state index contributed by atoms with van der Waals surface area (Å²) >= 11 is 1.61. The zero-order valence-corrected chi connectivity index (χ0v) is 10.4. The number of aliphatic carboxylic acids is 1. The molecule has 2 nitrogen and oxygen atoms in total. The fourth-order valence-corrected chi connectivity index (χ4v) is 2.96. The van der Waals surface area contributed by atoms with Gasteiger partial charge in [-0.15, -0.1) is 11.3 Å². The molecule has 0 aliphatic heterocycles. The lowest BCUT2D eigenvalue weighted by Gasteiger charge is -2.18. The number of fused-ring (bicyclic) bond motifs is 1. The molecule has 0 amide bonds. The van der Waals surface area contributed by atoms with E-state index >= 15 is 0 Å². The van der Waals surface area contributed by atoms with Crippen LogP contribution in [0.1, 0.15) is 25.0 Å². The average Bonchev–Trinajstić information content (AvgIpc) is 2.60. The van der Waals surface area contributed by atoms with E-state index in [1.165, 1.54) is 5.56 Å². The molecule has 2 rings (SSSR count). The largest absolute Gasteiger partial charge is 0.481 e. The van der Waals surface area contributed by atoms with Gasteiger partial charge >= 0.3 is 5.97 Å². The predicted octanol–water partition coefficient (Wildman–Crippen LogP) is 3.57. The second-order valence-electron chi connectivity index (χ2n) is 4.58. The molecule has 1 aromatic carbocycles. The monoisotopic (exact) mass is 234 g/mol. The molecule has 1 N–H and O–H groups in total. The van der Waals surface area contributed by atoms with E-state index in [1.807, 2.05) is 24.4 Å². The van der Waals surface area contributed by atoms with Gasteiger partial charge in [0.15, 0.2) is 0 Å². The number of hydrogen-bond donors (Lipinski definition) is 1. The topological polar surface area (TPSA) is 37.3 Å². The summed E-state index contributed by atoms with van der Waals surface area (Å²) in [5.74, 6) is -0.784. The van der Waals surface area contributed by atoms with Gasteiger partial charge < -0.3 is 5.11 Å². The van der Waals surface area contributed by atoms with Crippen LogP contribution in [0.25, 0.3) is 10.1 Å². The van der Waals surface area contributed by atoms with Gasteiger partial charge in [0, 0.05) is 4.70 Å². The third-order valence-corrected chi connectivity index (χ3v) is 3.88. The van der Waals surface area contributed by atoms with Gasteiger partial charge in [-0.25, -0.2) is 0 Å². The number of rotatable bonds is 2. The van der Waals surface area contributed by atoms with Crippen molar-refractivity contribution < 1.29 is 9.90 Å². The van der Waals surface area contributed by atoms with Crippen molar-refractivity contribution in [3.8, 4) is 0 Å². The Morgan fingerprint density at radius 3 is 2.69 bits per heavy atom.